The number of β-amino-alcohol motifs (C(OH)–C–C–N with tert-alkyl or cyclic N) is 2. The molecule has 0 aliphatic carbocycles. The number of rotatable bonds is 18. The van der Waals surface area contributed by atoms with Crippen molar-refractivity contribution in [3.05, 3.63) is 131 Å². The highest BCUT2D eigenvalue weighted by Gasteiger charge is 2.25. The van der Waals surface area contributed by atoms with Gasteiger partial charge < -0.3 is 51.8 Å². The maximum Gasteiger partial charge on any atom is 0.252 e. The molecule has 75 heavy (non-hydrogen) atoms. The van der Waals surface area contributed by atoms with Gasteiger partial charge >= 0.3 is 0 Å². The van der Waals surface area contributed by atoms with Crippen LogP contribution in [0.2, 0.25) is 0 Å². The van der Waals surface area contributed by atoms with Gasteiger partial charge in [0.1, 0.15) is 34.2 Å². The Balaban J connectivity index is 0.000000184. The lowest BCUT2D eigenvalue weighted by Gasteiger charge is -2.34. The minimum atomic E-state index is -0.576. The zero-order valence-corrected chi connectivity index (χ0v) is 42.8. The number of aliphatic hydroxyl groups is 2. The molecule has 2 fully saturated rings. The van der Waals surface area contributed by atoms with E-state index >= 15 is 0 Å². The van der Waals surface area contributed by atoms with Gasteiger partial charge in [-0.1, -0.05) is 38.1 Å². The second-order valence-electron chi connectivity index (χ2n) is 18.7. The van der Waals surface area contributed by atoms with Crippen LogP contribution in [0.3, 0.4) is 0 Å². The molecule has 1 unspecified atom stereocenters. The Morgan fingerprint density at radius 3 is 1.51 bits per heavy atom. The minimum absolute atomic E-state index is 0.196. The molecule has 19 heteroatoms. The average Bonchev–Trinajstić information content (AvgIpc) is 4.20. The van der Waals surface area contributed by atoms with E-state index in [1.54, 1.807) is 14.2 Å². The third kappa shape index (κ3) is 11.7. The molecular formula is C56H65N13O6. The van der Waals surface area contributed by atoms with Crippen LogP contribution in [-0.4, -0.2) is 139 Å². The van der Waals surface area contributed by atoms with Gasteiger partial charge in [0.05, 0.1) is 49.4 Å². The van der Waals surface area contributed by atoms with Gasteiger partial charge in [-0.25, -0.2) is 19.9 Å². The number of carbonyl (C=O) groups is 2. The quantitative estimate of drug-likeness (QED) is 0.0442. The van der Waals surface area contributed by atoms with Gasteiger partial charge in [0.2, 0.25) is 0 Å². The van der Waals surface area contributed by atoms with Crippen molar-refractivity contribution in [3.8, 4) is 34.3 Å². The lowest BCUT2D eigenvalue weighted by molar-refractivity contribution is 0.0992. The first-order valence-corrected chi connectivity index (χ1v) is 25.3. The largest absolute Gasteiger partial charge is 0.497 e. The van der Waals surface area contributed by atoms with Gasteiger partial charge in [-0.2, -0.15) is 0 Å². The molecule has 0 spiro atoms. The van der Waals surface area contributed by atoms with Crippen molar-refractivity contribution in [2.24, 2.45) is 11.5 Å². The summed E-state index contributed by atoms with van der Waals surface area (Å²) < 4.78 is 10.5. The van der Waals surface area contributed by atoms with E-state index in [2.05, 4.69) is 81.2 Å². The molecule has 1 atom stereocenters. The van der Waals surface area contributed by atoms with Crippen LogP contribution in [0.1, 0.15) is 63.2 Å². The van der Waals surface area contributed by atoms with Gasteiger partial charge in [-0.3, -0.25) is 24.3 Å². The summed E-state index contributed by atoms with van der Waals surface area (Å²) in [5.74, 6) is 1.62. The Labute approximate surface area is 435 Å². The normalized spacial score (nSPS) is 15.2. The van der Waals surface area contributed by atoms with Crippen LogP contribution in [0, 0.1) is 0 Å². The van der Waals surface area contributed by atoms with E-state index in [9.17, 15) is 19.8 Å². The maximum absolute atomic E-state index is 12.4. The number of aromatic amines is 2. The van der Waals surface area contributed by atoms with E-state index in [4.69, 9.17) is 20.9 Å². The number of nitrogens with two attached hydrogens (primary N) is 2. The number of piperazine rings is 1. The molecule has 4 aromatic carbocycles. The molecule has 2 aliphatic heterocycles. The van der Waals surface area contributed by atoms with E-state index in [0.717, 1.165) is 111 Å². The van der Waals surface area contributed by atoms with Crippen molar-refractivity contribution in [1.29, 1.82) is 0 Å². The average molecular weight is 1020 g/mol. The van der Waals surface area contributed by atoms with Gasteiger partial charge in [0.15, 0.2) is 11.3 Å². The number of aliphatic hydroxyl groups excluding tert-OH is 2. The number of benzene rings is 4. The molecule has 390 valence electrons. The number of carbonyl (C=O) groups excluding carboxylic acids is 2. The number of methoxy groups -OCH3 is 2. The van der Waals surface area contributed by atoms with E-state index < -0.39 is 11.8 Å². The maximum atomic E-state index is 12.4. The Kier molecular flexibility index (Phi) is 16.3. The monoisotopic (exact) mass is 1020 g/mol. The Bertz CT molecular complexity index is 3280. The van der Waals surface area contributed by atoms with Gasteiger partial charge in [0, 0.05) is 93.8 Å². The lowest BCUT2D eigenvalue weighted by Crippen LogP contribution is -2.46. The second-order valence-corrected chi connectivity index (χ2v) is 18.7. The topological polar surface area (TPSA) is 262 Å². The number of likely N-dealkylation sites (tertiary alicyclic amines) is 1. The summed E-state index contributed by atoms with van der Waals surface area (Å²) >= 11 is 0. The van der Waals surface area contributed by atoms with Crippen LogP contribution >= 0.6 is 0 Å². The van der Waals surface area contributed by atoms with Crippen LogP contribution in [-0.2, 0) is 25.9 Å². The minimum Gasteiger partial charge on any atom is -0.497 e. The molecule has 2 amide bonds. The van der Waals surface area contributed by atoms with Crippen LogP contribution in [0.15, 0.2) is 97.3 Å². The van der Waals surface area contributed by atoms with Crippen molar-refractivity contribution >= 4 is 56.9 Å². The Morgan fingerprint density at radius 2 is 1.11 bits per heavy atom. The summed E-state index contributed by atoms with van der Waals surface area (Å²) in [7, 11) is 3.25. The molecule has 19 nitrogen and oxygen atoms in total. The summed E-state index contributed by atoms with van der Waals surface area (Å²) in [5.41, 5.74) is 23.7. The number of fused-ring (bicyclic) bond motifs is 2. The highest BCUT2D eigenvalue weighted by Crippen LogP contribution is 2.35. The smallest absolute Gasteiger partial charge is 0.252 e. The number of pyridine rings is 2. The van der Waals surface area contributed by atoms with E-state index in [1.165, 1.54) is 29.1 Å². The molecule has 6 heterocycles. The van der Waals surface area contributed by atoms with Gasteiger partial charge in [-0.15, -0.1) is 0 Å². The molecule has 2 saturated heterocycles. The highest BCUT2D eigenvalue weighted by molar-refractivity contribution is 6.07. The fourth-order valence-electron chi connectivity index (χ4n) is 9.97. The summed E-state index contributed by atoms with van der Waals surface area (Å²) in [6, 6.07) is 27.5. The van der Waals surface area contributed by atoms with E-state index in [0.29, 0.717) is 57.5 Å². The fraction of sp³-hybridized carbons (Fsp3) is 0.321. The fourth-order valence-corrected chi connectivity index (χ4v) is 9.97. The van der Waals surface area contributed by atoms with Crippen LogP contribution < -0.4 is 31.6 Å². The molecule has 0 saturated carbocycles. The van der Waals surface area contributed by atoms with Crippen LogP contribution in [0.5, 0.6) is 11.5 Å². The first-order valence-electron chi connectivity index (χ1n) is 25.3. The number of imidazole rings is 2. The number of amides is 2. The number of hydrogen-bond acceptors (Lipinski definition) is 15. The molecule has 8 aromatic rings. The summed E-state index contributed by atoms with van der Waals surface area (Å²) in [6.45, 7) is 12.1. The highest BCUT2D eigenvalue weighted by atomic mass is 16.5. The van der Waals surface area contributed by atoms with E-state index in [1.807, 2.05) is 72.8 Å². The van der Waals surface area contributed by atoms with Crippen molar-refractivity contribution in [2.75, 3.05) is 77.3 Å². The predicted molar refractivity (Wildman–Crippen MR) is 292 cm³/mol. The summed E-state index contributed by atoms with van der Waals surface area (Å²) in [6.07, 6.45) is 5.10. The van der Waals surface area contributed by atoms with Crippen molar-refractivity contribution in [3.63, 3.8) is 0 Å². The summed E-state index contributed by atoms with van der Waals surface area (Å²) in [5, 5.41) is 26.1. The Hall–Kier alpha value is -7.94. The molecule has 10 rings (SSSR count). The van der Waals surface area contributed by atoms with Crippen molar-refractivity contribution in [2.45, 2.75) is 52.3 Å². The number of hydrogen-bond donors (Lipinski definition) is 8. The number of H-pyrrole nitrogens is 2. The predicted octanol–water partition coefficient (Wildman–Crippen LogP) is 6.75. The number of nitrogens with one attached hydrogen (secondary N) is 4. The zero-order valence-electron chi connectivity index (χ0n) is 42.8. The Morgan fingerprint density at radius 1 is 0.653 bits per heavy atom. The van der Waals surface area contributed by atoms with Crippen LogP contribution in [0.4, 0.5) is 22.7 Å². The first-order chi connectivity index (χ1) is 36.5. The SMILES string of the molecule is CCc1c(CN2CCC(O)C2)cccc1Nc1c(C(N)=O)cnc2nc(-c3ccc(OC)cc3)[nH]c12.CCc1c(CN2CCN(CCO)CC2)cccc1Nc1c(C(N)=O)cnc2nc(-c3ccc(OC)cc3)[nH]c12. The van der Waals surface area contributed by atoms with Gasteiger partial charge in [0.25, 0.3) is 11.8 Å². The van der Waals surface area contributed by atoms with Crippen molar-refractivity contribution in [1.82, 2.24) is 44.6 Å². The number of anilines is 4. The molecule has 0 radical (unpaired) electrons. The standard InChI is InChI=1S/C29H35N7O3.C27H30N6O3/c1-3-22-20(18-36-13-11-35(12-14-36)15-16-37)5-4-6-24(22)32-25-23(27(30)38)17-31-29-26(25)33-28(34-29)19-7-9-21(39-2)10-8-19;1-3-20-17(14-33-12-11-18(34)15-33)5-4-6-22(20)30-23-21(25(28)35)13-29-27-24(23)31-26(32-27)16-7-9-19(36-2)10-8-16/h4-10,17,37H,3,11-16,18H2,1-2H3,(H2,30,38)(H2,31,32,33,34);4-10,13,18,34H,3,11-12,14-15H2,1-2H3,(H2,28,35)(H2,29,30,31,32). The van der Waals surface area contributed by atoms with E-state index in [-0.39, 0.29) is 18.3 Å². The molecule has 10 N–H and O–H groups in total. The van der Waals surface area contributed by atoms with Gasteiger partial charge in [-0.05, 0) is 102 Å². The van der Waals surface area contributed by atoms with Crippen LogP contribution in [0.25, 0.3) is 45.1 Å². The van der Waals surface area contributed by atoms with Crippen molar-refractivity contribution < 1.29 is 29.3 Å². The number of nitrogens with zero attached hydrogens (tertiary/aromatic N) is 7. The number of primary amides is 2. The third-order valence-corrected chi connectivity index (χ3v) is 14.0. The lowest BCUT2D eigenvalue weighted by atomic mass is 10.0. The number of aromatic nitrogens is 6. The number of ether oxygens (including phenoxy) is 2. The molecule has 2 aliphatic rings. The third-order valence-electron chi connectivity index (χ3n) is 14.0. The summed E-state index contributed by atoms with van der Waals surface area (Å²) in [4.78, 5) is 56.6. The second kappa shape index (κ2) is 23.5. The molecular weight excluding hydrogens is 951 g/mol. The molecule has 0 bridgehead atoms. The first kappa shape index (κ1) is 51.9. The zero-order chi connectivity index (χ0) is 52.6. The molecule has 4 aromatic heterocycles.